The number of hydrogen-bond acceptors (Lipinski definition) is 2. The van der Waals surface area contributed by atoms with Gasteiger partial charge in [0.2, 0.25) is 0 Å². The molecule has 0 bridgehead atoms. The SMILES string of the molecule is CCNC(COC(C)C)c1cc(F)ccc1F. The van der Waals surface area contributed by atoms with E-state index in [1.807, 2.05) is 20.8 Å². The Morgan fingerprint density at radius 3 is 2.59 bits per heavy atom. The van der Waals surface area contributed by atoms with Crippen LogP contribution in [0.5, 0.6) is 0 Å². The molecule has 0 fully saturated rings. The highest BCUT2D eigenvalue weighted by Gasteiger charge is 2.16. The molecule has 2 nitrogen and oxygen atoms in total. The first-order chi connectivity index (χ1) is 8.04. The van der Waals surface area contributed by atoms with Gasteiger partial charge in [-0.3, -0.25) is 0 Å². The van der Waals surface area contributed by atoms with E-state index >= 15 is 0 Å². The summed E-state index contributed by atoms with van der Waals surface area (Å²) in [6, 6.07) is 3.15. The molecular formula is C13H19F2NO. The second kappa shape index (κ2) is 6.67. The second-order valence-electron chi connectivity index (χ2n) is 4.16. The minimum atomic E-state index is -0.436. The molecular weight excluding hydrogens is 224 g/mol. The summed E-state index contributed by atoms with van der Waals surface area (Å²) < 4.78 is 32.2. The third-order valence-corrected chi connectivity index (χ3v) is 2.38. The van der Waals surface area contributed by atoms with Gasteiger partial charge in [0, 0.05) is 5.56 Å². The lowest BCUT2D eigenvalue weighted by Crippen LogP contribution is -2.27. The molecule has 1 rings (SSSR count). The number of rotatable bonds is 6. The average Bonchev–Trinajstić information content (AvgIpc) is 2.27. The van der Waals surface area contributed by atoms with Crippen molar-refractivity contribution in [1.82, 2.24) is 5.32 Å². The lowest BCUT2D eigenvalue weighted by molar-refractivity contribution is 0.0607. The largest absolute Gasteiger partial charge is 0.377 e. The van der Waals surface area contributed by atoms with Crippen LogP contribution in [0.4, 0.5) is 8.78 Å². The van der Waals surface area contributed by atoms with Gasteiger partial charge in [-0.05, 0) is 38.6 Å². The average molecular weight is 243 g/mol. The highest BCUT2D eigenvalue weighted by molar-refractivity contribution is 5.22. The van der Waals surface area contributed by atoms with E-state index in [4.69, 9.17) is 4.74 Å². The normalized spacial score (nSPS) is 13.1. The van der Waals surface area contributed by atoms with Gasteiger partial charge in [-0.2, -0.15) is 0 Å². The molecule has 1 unspecified atom stereocenters. The molecule has 0 spiro atoms. The predicted molar refractivity (Wildman–Crippen MR) is 63.9 cm³/mol. The number of halogens is 2. The van der Waals surface area contributed by atoms with E-state index in [9.17, 15) is 8.78 Å². The number of benzene rings is 1. The fourth-order valence-electron chi connectivity index (χ4n) is 1.58. The van der Waals surface area contributed by atoms with Gasteiger partial charge < -0.3 is 10.1 Å². The fraction of sp³-hybridized carbons (Fsp3) is 0.538. The lowest BCUT2D eigenvalue weighted by atomic mass is 10.1. The Balaban J connectivity index is 2.84. The quantitative estimate of drug-likeness (QED) is 0.829. The summed E-state index contributed by atoms with van der Waals surface area (Å²) in [5.41, 5.74) is 0.313. The topological polar surface area (TPSA) is 21.3 Å². The van der Waals surface area contributed by atoms with Crippen molar-refractivity contribution in [2.75, 3.05) is 13.2 Å². The molecule has 0 saturated heterocycles. The number of nitrogens with one attached hydrogen (secondary N) is 1. The summed E-state index contributed by atoms with van der Waals surface area (Å²) in [6.07, 6.45) is 0.0628. The zero-order chi connectivity index (χ0) is 12.8. The van der Waals surface area contributed by atoms with Crippen molar-refractivity contribution in [2.45, 2.75) is 32.9 Å². The molecule has 0 aromatic heterocycles. The summed E-state index contributed by atoms with van der Waals surface area (Å²) in [5.74, 6) is -0.849. The van der Waals surface area contributed by atoms with Gasteiger partial charge in [0.15, 0.2) is 0 Å². The first-order valence-corrected chi connectivity index (χ1v) is 5.84. The zero-order valence-corrected chi connectivity index (χ0v) is 10.5. The van der Waals surface area contributed by atoms with Crippen LogP contribution in [0.3, 0.4) is 0 Å². The van der Waals surface area contributed by atoms with Crippen LogP contribution in [0.15, 0.2) is 18.2 Å². The Morgan fingerprint density at radius 1 is 1.29 bits per heavy atom. The zero-order valence-electron chi connectivity index (χ0n) is 10.5. The van der Waals surface area contributed by atoms with Crippen LogP contribution in [0.1, 0.15) is 32.4 Å². The molecule has 0 saturated carbocycles. The van der Waals surface area contributed by atoms with E-state index < -0.39 is 11.6 Å². The summed E-state index contributed by atoms with van der Waals surface area (Å²) in [4.78, 5) is 0. The summed E-state index contributed by atoms with van der Waals surface area (Å²) >= 11 is 0. The first-order valence-electron chi connectivity index (χ1n) is 5.84. The third kappa shape index (κ3) is 4.40. The molecule has 0 aliphatic carbocycles. The molecule has 0 radical (unpaired) electrons. The van der Waals surface area contributed by atoms with Gasteiger partial charge in [-0.1, -0.05) is 6.92 Å². The highest BCUT2D eigenvalue weighted by atomic mass is 19.1. The van der Waals surface area contributed by atoms with E-state index in [0.717, 1.165) is 12.1 Å². The lowest BCUT2D eigenvalue weighted by Gasteiger charge is -2.20. The van der Waals surface area contributed by atoms with E-state index in [1.54, 1.807) is 0 Å². The van der Waals surface area contributed by atoms with Gasteiger partial charge in [-0.25, -0.2) is 8.78 Å². The minimum Gasteiger partial charge on any atom is -0.377 e. The van der Waals surface area contributed by atoms with E-state index in [-0.39, 0.29) is 12.1 Å². The van der Waals surface area contributed by atoms with Crippen molar-refractivity contribution >= 4 is 0 Å². The van der Waals surface area contributed by atoms with Crippen LogP contribution in [-0.2, 0) is 4.74 Å². The maximum Gasteiger partial charge on any atom is 0.128 e. The van der Waals surface area contributed by atoms with Crippen LogP contribution in [0.25, 0.3) is 0 Å². The molecule has 0 aliphatic rings. The molecule has 0 heterocycles. The van der Waals surface area contributed by atoms with E-state index in [2.05, 4.69) is 5.32 Å². The van der Waals surface area contributed by atoms with Crippen LogP contribution in [-0.4, -0.2) is 19.3 Å². The van der Waals surface area contributed by atoms with Gasteiger partial charge in [0.25, 0.3) is 0 Å². The molecule has 1 aromatic rings. The van der Waals surface area contributed by atoms with E-state index in [1.165, 1.54) is 6.07 Å². The predicted octanol–water partition coefficient (Wildman–Crippen LogP) is 3.04. The number of ether oxygens (including phenoxy) is 1. The van der Waals surface area contributed by atoms with Gasteiger partial charge in [0.1, 0.15) is 11.6 Å². The Kier molecular flexibility index (Phi) is 5.51. The van der Waals surface area contributed by atoms with Crippen molar-refractivity contribution < 1.29 is 13.5 Å². The van der Waals surface area contributed by atoms with Gasteiger partial charge in [0.05, 0.1) is 18.8 Å². The third-order valence-electron chi connectivity index (χ3n) is 2.38. The van der Waals surface area contributed by atoms with Crippen molar-refractivity contribution in [3.63, 3.8) is 0 Å². The molecule has 0 aliphatic heterocycles. The Morgan fingerprint density at radius 2 is 2.00 bits per heavy atom. The maximum atomic E-state index is 13.6. The molecule has 1 aromatic carbocycles. The van der Waals surface area contributed by atoms with Crippen molar-refractivity contribution in [2.24, 2.45) is 0 Å². The van der Waals surface area contributed by atoms with Crippen LogP contribution in [0, 0.1) is 11.6 Å². The van der Waals surface area contributed by atoms with Crippen LogP contribution < -0.4 is 5.32 Å². The number of hydrogen-bond donors (Lipinski definition) is 1. The Labute approximate surface area is 101 Å². The molecule has 0 amide bonds. The van der Waals surface area contributed by atoms with E-state index in [0.29, 0.717) is 18.7 Å². The maximum absolute atomic E-state index is 13.6. The van der Waals surface area contributed by atoms with Crippen molar-refractivity contribution in [1.29, 1.82) is 0 Å². The second-order valence-corrected chi connectivity index (χ2v) is 4.16. The van der Waals surface area contributed by atoms with Crippen LogP contribution >= 0.6 is 0 Å². The molecule has 1 N–H and O–H groups in total. The summed E-state index contributed by atoms with van der Waals surface area (Å²) in [7, 11) is 0. The Bertz CT molecular complexity index is 355. The minimum absolute atomic E-state index is 0.0628. The Hall–Kier alpha value is -1.00. The smallest absolute Gasteiger partial charge is 0.128 e. The van der Waals surface area contributed by atoms with Crippen molar-refractivity contribution in [3.05, 3.63) is 35.4 Å². The molecule has 96 valence electrons. The number of likely N-dealkylation sites (N-methyl/N-ethyl adjacent to an activating group) is 1. The van der Waals surface area contributed by atoms with Crippen LogP contribution in [0.2, 0.25) is 0 Å². The highest BCUT2D eigenvalue weighted by Crippen LogP contribution is 2.19. The summed E-state index contributed by atoms with van der Waals surface area (Å²) in [6.45, 7) is 6.73. The van der Waals surface area contributed by atoms with Crippen molar-refractivity contribution in [3.8, 4) is 0 Å². The molecule has 17 heavy (non-hydrogen) atoms. The first kappa shape index (κ1) is 14.1. The van der Waals surface area contributed by atoms with Gasteiger partial charge >= 0.3 is 0 Å². The fourth-order valence-corrected chi connectivity index (χ4v) is 1.58. The summed E-state index contributed by atoms with van der Waals surface area (Å²) in [5, 5.41) is 3.09. The standard InChI is InChI=1S/C13H19F2NO/c1-4-16-13(8-17-9(2)3)11-7-10(14)5-6-12(11)15/h5-7,9,13,16H,4,8H2,1-3H3. The molecule has 1 atom stereocenters. The monoisotopic (exact) mass is 243 g/mol. The van der Waals surface area contributed by atoms with Gasteiger partial charge in [-0.15, -0.1) is 0 Å². The molecule has 4 heteroatoms.